The highest BCUT2D eigenvalue weighted by molar-refractivity contribution is 7.90. The highest BCUT2D eigenvalue weighted by Gasteiger charge is 2.14. The number of pyridine rings is 1. The van der Waals surface area contributed by atoms with Crippen LogP contribution in [0.5, 0.6) is 0 Å². The van der Waals surface area contributed by atoms with E-state index in [1.165, 1.54) is 17.4 Å². The summed E-state index contributed by atoms with van der Waals surface area (Å²) in [6.07, 6.45) is 2.64. The molecule has 1 amide bonds. The molecule has 0 spiro atoms. The maximum atomic E-state index is 13.6. The molecule has 5 nitrogen and oxygen atoms in total. The van der Waals surface area contributed by atoms with Gasteiger partial charge in [-0.25, -0.2) is 12.8 Å². The molecule has 0 aliphatic carbocycles. The van der Waals surface area contributed by atoms with Gasteiger partial charge in [0.1, 0.15) is 5.82 Å². The number of nitrogens with one attached hydrogen (secondary N) is 1. The minimum atomic E-state index is -3.58. The van der Waals surface area contributed by atoms with Crippen molar-refractivity contribution in [2.24, 2.45) is 0 Å². The van der Waals surface area contributed by atoms with Crippen molar-refractivity contribution in [3.63, 3.8) is 0 Å². The fraction of sp³-hybridized carbons (Fsp3) is 0.0588. The van der Waals surface area contributed by atoms with Crippen molar-refractivity contribution in [3.05, 3.63) is 64.7 Å². The predicted octanol–water partition coefficient (Wildman–Crippen LogP) is 3.61. The molecule has 0 unspecified atom stereocenters. The van der Waals surface area contributed by atoms with Crippen LogP contribution in [0.15, 0.2) is 58.9 Å². The summed E-state index contributed by atoms with van der Waals surface area (Å²) in [7, 11) is -3.58. The normalized spacial score (nSPS) is 11.3. The van der Waals surface area contributed by atoms with E-state index < -0.39 is 21.6 Å². The lowest BCUT2D eigenvalue weighted by atomic mass is 10.2. The predicted molar refractivity (Wildman–Crippen MR) is 95.0 cm³/mol. The first-order chi connectivity index (χ1) is 11.8. The second kappa shape index (κ2) is 6.73. The van der Waals surface area contributed by atoms with Crippen LogP contribution in [0.1, 0.15) is 9.67 Å². The first kappa shape index (κ1) is 17.2. The van der Waals surface area contributed by atoms with Gasteiger partial charge < -0.3 is 5.32 Å². The molecule has 0 aliphatic heterocycles. The van der Waals surface area contributed by atoms with Crippen LogP contribution in [0.25, 0.3) is 11.3 Å². The zero-order valence-electron chi connectivity index (χ0n) is 13.1. The minimum Gasteiger partial charge on any atom is -0.321 e. The molecule has 0 bridgehead atoms. The summed E-state index contributed by atoms with van der Waals surface area (Å²) in [4.78, 5) is 16.8. The minimum absolute atomic E-state index is 0.0817. The van der Waals surface area contributed by atoms with Crippen LogP contribution in [-0.2, 0) is 9.84 Å². The third-order valence-electron chi connectivity index (χ3n) is 3.34. The van der Waals surface area contributed by atoms with Gasteiger partial charge in [-0.15, -0.1) is 11.3 Å². The number of carbonyl (C=O) groups is 1. The Balaban J connectivity index is 1.84. The lowest BCUT2D eigenvalue weighted by Gasteiger charge is -2.06. The van der Waals surface area contributed by atoms with Gasteiger partial charge in [-0.3, -0.25) is 9.78 Å². The van der Waals surface area contributed by atoms with E-state index in [9.17, 15) is 17.6 Å². The zero-order chi connectivity index (χ0) is 18.0. The molecule has 0 fully saturated rings. The SMILES string of the molecule is CS(=O)(=O)c1cc(F)cc(NC(=O)c2cc(-c3ccccn3)cs2)c1. The first-order valence-electron chi connectivity index (χ1n) is 7.15. The van der Waals surface area contributed by atoms with Crippen molar-refractivity contribution in [1.29, 1.82) is 0 Å². The second-order valence-electron chi connectivity index (χ2n) is 5.32. The van der Waals surface area contributed by atoms with E-state index in [0.717, 1.165) is 29.6 Å². The van der Waals surface area contributed by atoms with Crippen molar-refractivity contribution < 1.29 is 17.6 Å². The zero-order valence-corrected chi connectivity index (χ0v) is 14.7. The fourth-order valence-electron chi connectivity index (χ4n) is 2.16. The smallest absolute Gasteiger partial charge is 0.265 e. The maximum absolute atomic E-state index is 13.6. The van der Waals surface area contributed by atoms with Crippen LogP contribution in [0.2, 0.25) is 0 Å². The van der Waals surface area contributed by atoms with Gasteiger partial charge in [-0.2, -0.15) is 0 Å². The van der Waals surface area contributed by atoms with Crippen molar-refractivity contribution >= 4 is 32.8 Å². The summed E-state index contributed by atoms with van der Waals surface area (Å²) in [5, 5.41) is 4.32. The summed E-state index contributed by atoms with van der Waals surface area (Å²) in [5.74, 6) is -1.18. The van der Waals surface area contributed by atoms with Gasteiger partial charge in [0.25, 0.3) is 5.91 Å². The number of anilines is 1. The van der Waals surface area contributed by atoms with Crippen LogP contribution < -0.4 is 5.32 Å². The Morgan fingerprint density at radius 3 is 2.68 bits per heavy atom. The monoisotopic (exact) mass is 376 g/mol. The number of nitrogens with zero attached hydrogens (tertiary/aromatic N) is 1. The van der Waals surface area contributed by atoms with E-state index in [2.05, 4.69) is 10.3 Å². The Hall–Kier alpha value is -2.58. The second-order valence-corrected chi connectivity index (χ2v) is 8.24. The Labute approximate surface area is 148 Å². The summed E-state index contributed by atoms with van der Waals surface area (Å²) >= 11 is 1.22. The Kier molecular flexibility index (Phi) is 4.65. The Morgan fingerprint density at radius 2 is 2.00 bits per heavy atom. The van der Waals surface area contributed by atoms with Gasteiger partial charge in [0, 0.05) is 29.1 Å². The summed E-state index contributed by atoms with van der Waals surface area (Å²) in [6.45, 7) is 0. The molecule has 0 saturated carbocycles. The van der Waals surface area contributed by atoms with Gasteiger partial charge in [0.05, 0.1) is 15.5 Å². The molecule has 8 heteroatoms. The Morgan fingerprint density at radius 1 is 1.20 bits per heavy atom. The number of hydrogen-bond acceptors (Lipinski definition) is 5. The van der Waals surface area contributed by atoms with E-state index in [1.54, 1.807) is 23.7 Å². The molecule has 1 N–H and O–H groups in total. The summed E-state index contributed by atoms with van der Waals surface area (Å²) in [5.41, 5.74) is 1.62. The van der Waals surface area contributed by atoms with E-state index in [-0.39, 0.29) is 10.6 Å². The third kappa shape index (κ3) is 4.09. The van der Waals surface area contributed by atoms with Crippen LogP contribution in [0.4, 0.5) is 10.1 Å². The number of benzene rings is 1. The highest BCUT2D eigenvalue weighted by atomic mass is 32.2. The molecular weight excluding hydrogens is 363 g/mol. The van der Waals surface area contributed by atoms with E-state index in [4.69, 9.17) is 0 Å². The van der Waals surface area contributed by atoms with E-state index >= 15 is 0 Å². The van der Waals surface area contributed by atoms with Crippen molar-refractivity contribution in [2.45, 2.75) is 4.90 Å². The maximum Gasteiger partial charge on any atom is 0.265 e. The molecule has 0 radical (unpaired) electrons. The molecule has 25 heavy (non-hydrogen) atoms. The summed E-state index contributed by atoms with van der Waals surface area (Å²) in [6, 6.07) is 10.4. The molecule has 1 aromatic carbocycles. The molecule has 0 atom stereocenters. The van der Waals surface area contributed by atoms with Crippen molar-refractivity contribution in [1.82, 2.24) is 4.98 Å². The molecular formula is C17H13FN2O3S2. The molecule has 3 rings (SSSR count). The average molecular weight is 376 g/mol. The van der Waals surface area contributed by atoms with Crippen LogP contribution >= 0.6 is 11.3 Å². The lowest BCUT2D eigenvalue weighted by Crippen LogP contribution is -2.11. The van der Waals surface area contributed by atoms with Crippen LogP contribution in [-0.4, -0.2) is 25.6 Å². The Bertz CT molecular complexity index is 1030. The summed E-state index contributed by atoms with van der Waals surface area (Å²) < 4.78 is 36.8. The van der Waals surface area contributed by atoms with E-state index in [0.29, 0.717) is 4.88 Å². The molecule has 2 aromatic heterocycles. The van der Waals surface area contributed by atoms with Crippen molar-refractivity contribution in [2.75, 3.05) is 11.6 Å². The van der Waals surface area contributed by atoms with E-state index in [1.807, 2.05) is 12.1 Å². The standard InChI is InChI=1S/C17H13FN2O3S2/c1-25(22,23)14-8-12(18)7-13(9-14)20-17(21)16-6-11(10-24-16)15-4-2-3-5-19-15/h2-10H,1H3,(H,20,21). The number of rotatable bonds is 4. The number of amides is 1. The number of halogens is 1. The number of sulfone groups is 1. The van der Waals surface area contributed by atoms with Gasteiger partial charge in [-0.1, -0.05) is 6.07 Å². The molecule has 0 aliphatic rings. The van der Waals surface area contributed by atoms with Gasteiger partial charge in [-0.05, 0) is 36.4 Å². The van der Waals surface area contributed by atoms with Gasteiger partial charge >= 0.3 is 0 Å². The first-order valence-corrected chi connectivity index (χ1v) is 9.92. The quantitative estimate of drug-likeness (QED) is 0.755. The molecule has 3 aromatic rings. The van der Waals surface area contributed by atoms with Crippen LogP contribution in [0.3, 0.4) is 0 Å². The molecule has 128 valence electrons. The lowest BCUT2D eigenvalue weighted by molar-refractivity contribution is 0.103. The molecule has 2 heterocycles. The van der Waals surface area contributed by atoms with Gasteiger partial charge in [0.15, 0.2) is 9.84 Å². The molecule has 0 saturated heterocycles. The third-order valence-corrected chi connectivity index (χ3v) is 5.36. The number of aromatic nitrogens is 1. The van der Waals surface area contributed by atoms with Crippen LogP contribution in [0, 0.1) is 5.82 Å². The van der Waals surface area contributed by atoms with Crippen molar-refractivity contribution in [3.8, 4) is 11.3 Å². The van der Waals surface area contributed by atoms with Gasteiger partial charge in [0.2, 0.25) is 0 Å². The number of hydrogen-bond donors (Lipinski definition) is 1. The average Bonchev–Trinajstić information content (AvgIpc) is 3.04. The highest BCUT2D eigenvalue weighted by Crippen LogP contribution is 2.25. The number of thiophene rings is 1. The largest absolute Gasteiger partial charge is 0.321 e. The number of carbonyl (C=O) groups excluding carboxylic acids is 1. The topological polar surface area (TPSA) is 76.1 Å². The fourth-order valence-corrected chi connectivity index (χ4v) is 3.63.